The lowest BCUT2D eigenvalue weighted by Gasteiger charge is -2.28. The van der Waals surface area contributed by atoms with Gasteiger partial charge in [-0.1, -0.05) is 60.6 Å². The van der Waals surface area contributed by atoms with E-state index in [1.165, 1.54) is 0 Å². The van der Waals surface area contributed by atoms with Crippen LogP contribution in [0.4, 0.5) is 10.5 Å². The number of nitrogens with one attached hydrogen (secondary N) is 1. The van der Waals surface area contributed by atoms with Crippen LogP contribution in [-0.4, -0.2) is 33.6 Å². The maximum Gasteiger partial charge on any atom is 0.294 e. The van der Waals surface area contributed by atoms with E-state index in [0.29, 0.717) is 5.69 Å². The van der Waals surface area contributed by atoms with Gasteiger partial charge in [0, 0.05) is 16.8 Å². The van der Waals surface area contributed by atoms with Crippen LogP contribution in [0.1, 0.15) is 70.7 Å². The molecule has 0 bridgehead atoms. The number of imide groups is 1. The number of aromatic hydroxyl groups is 1. The maximum absolute atomic E-state index is 13.0. The molecule has 2 aromatic carbocycles. The Morgan fingerprint density at radius 2 is 1.54 bits per heavy atom. The fourth-order valence-electron chi connectivity index (χ4n) is 3.84. The number of rotatable bonds is 5. The Kier molecular flexibility index (Phi) is 7.50. The molecule has 6 nitrogen and oxygen atoms in total. The van der Waals surface area contributed by atoms with Gasteiger partial charge in [-0.3, -0.25) is 19.3 Å². The Hall–Kier alpha value is -3.06. The predicted molar refractivity (Wildman–Crippen MR) is 143 cm³/mol. The number of anilines is 1. The van der Waals surface area contributed by atoms with Gasteiger partial charge in [-0.2, -0.15) is 0 Å². The number of aryl methyl sites for hydroxylation is 1. The summed E-state index contributed by atoms with van der Waals surface area (Å²) in [6, 6.07) is 11.2. The second kappa shape index (κ2) is 9.90. The first kappa shape index (κ1) is 26.5. The summed E-state index contributed by atoms with van der Waals surface area (Å²) in [5, 5.41) is 13.2. The number of amides is 3. The molecule has 0 unspecified atom stereocenters. The number of phenols is 1. The fourth-order valence-corrected chi connectivity index (χ4v) is 4.68. The number of hydrogen-bond acceptors (Lipinski definition) is 5. The Morgan fingerprint density at radius 1 is 1.00 bits per heavy atom. The van der Waals surface area contributed by atoms with Crippen LogP contribution in [-0.2, 0) is 26.8 Å². The van der Waals surface area contributed by atoms with E-state index >= 15 is 0 Å². The van der Waals surface area contributed by atoms with E-state index in [0.717, 1.165) is 45.3 Å². The minimum Gasteiger partial charge on any atom is -0.507 e. The van der Waals surface area contributed by atoms with Crippen LogP contribution in [0.25, 0.3) is 6.08 Å². The van der Waals surface area contributed by atoms with E-state index < -0.39 is 17.1 Å². The molecule has 35 heavy (non-hydrogen) atoms. The van der Waals surface area contributed by atoms with Crippen molar-refractivity contribution in [2.24, 2.45) is 0 Å². The SMILES string of the molecule is CCc1ccc(NC(=O)CN2C(=O)S/C(=C\c3cc(C(C)(C)C)c(O)c(C(C)(C)C)c3)C2=O)cc1. The first-order valence-corrected chi connectivity index (χ1v) is 12.5. The normalized spacial score (nSPS) is 15.7. The van der Waals surface area contributed by atoms with Crippen molar-refractivity contribution >= 4 is 40.6 Å². The summed E-state index contributed by atoms with van der Waals surface area (Å²) in [5.41, 5.74) is 3.39. The molecule has 3 rings (SSSR count). The number of phenolic OH excluding ortho intramolecular Hbond substituents is 1. The monoisotopic (exact) mass is 494 g/mol. The van der Waals surface area contributed by atoms with E-state index in [4.69, 9.17) is 0 Å². The quantitative estimate of drug-likeness (QED) is 0.482. The number of carbonyl (C=O) groups is 3. The molecule has 0 atom stereocenters. The van der Waals surface area contributed by atoms with Crippen LogP contribution in [0, 0.1) is 0 Å². The molecule has 0 spiro atoms. The molecular formula is C28H34N2O4S. The van der Waals surface area contributed by atoms with Crippen molar-refractivity contribution in [2.75, 3.05) is 11.9 Å². The van der Waals surface area contributed by atoms with Gasteiger partial charge in [0.2, 0.25) is 5.91 Å². The summed E-state index contributed by atoms with van der Waals surface area (Å²) in [7, 11) is 0. The van der Waals surface area contributed by atoms with Gasteiger partial charge >= 0.3 is 0 Å². The van der Waals surface area contributed by atoms with E-state index in [1.807, 2.05) is 72.7 Å². The Balaban J connectivity index is 1.84. The van der Waals surface area contributed by atoms with Crippen molar-refractivity contribution in [2.45, 2.75) is 65.7 Å². The average Bonchev–Trinajstić information content (AvgIpc) is 3.01. The standard InChI is InChI=1S/C28H34N2O4S/c1-8-17-9-11-19(12-10-17)29-23(31)16-30-25(33)22(35-26(30)34)15-18-13-20(27(2,3)4)24(32)21(14-18)28(5,6)7/h9-15,32H,8,16H2,1-7H3,(H,29,31)/b22-15-. The zero-order valence-corrected chi connectivity index (χ0v) is 22.3. The summed E-state index contributed by atoms with van der Waals surface area (Å²) < 4.78 is 0. The van der Waals surface area contributed by atoms with Crippen LogP contribution in [0.2, 0.25) is 0 Å². The molecule has 1 saturated heterocycles. The smallest absolute Gasteiger partial charge is 0.294 e. The van der Waals surface area contributed by atoms with Crippen LogP contribution in [0.5, 0.6) is 5.75 Å². The molecule has 0 aromatic heterocycles. The molecular weight excluding hydrogens is 460 g/mol. The zero-order valence-electron chi connectivity index (χ0n) is 21.5. The third-order valence-electron chi connectivity index (χ3n) is 5.87. The summed E-state index contributed by atoms with van der Waals surface area (Å²) >= 11 is 0.817. The predicted octanol–water partition coefficient (Wildman–Crippen LogP) is 6.22. The van der Waals surface area contributed by atoms with Crippen molar-refractivity contribution < 1.29 is 19.5 Å². The third-order valence-corrected chi connectivity index (χ3v) is 6.77. The molecule has 2 aromatic rings. The summed E-state index contributed by atoms with van der Waals surface area (Å²) in [5.74, 6) is -0.689. The van der Waals surface area contributed by atoms with Gasteiger partial charge in [0.05, 0.1) is 4.91 Å². The second-order valence-corrected chi connectivity index (χ2v) is 11.8. The highest BCUT2D eigenvalue weighted by atomic mass is 32.2. The lowest BCUT2D eigenvalue weighted by Crippen LogP contribution is -2.36. The number of hydrogen-bond donors (Lipinski definition) is 2. The average molecular weight is 495 g/mol. The molecule has 1 heterocycles. The van der Waals surface area contributed by atoms with Gasteiger partial charge in [0.15, 0.2) is 0 Å². The Morgan fingerprint density at radius 3 is 2.03 bits per heavy atom. The number of benzene rings is 2. The second-order valence-electron chi connectivity index (χ2n) is 10.8. The highest BCUT2D eigenvalue weighted by molar-refractivity contribution is 8.18. The first-order valence-electron chi connectivity index (χ1n) is 11.7. The van der Waals surface area contributed by atoms with Gasteiger partial charge in [0.1, 0.15) is 12.3 Å². The molecule has 1 fully saturated rings. The molecule has 186 valence electrons. The van der Waals surface area contributed by atoms with Crippen molar-refractivity contribution in [3.05, 3.63) is 63.6 Å². The van der Waals surface area contributed by atoms with E-state index in [9.17, 15) is 19.5 Å². The number of carbonyl (C=O) groups excluding carboxylic acids is 3. The van der Waals surface area contributed by atoms with E-state index in [2.05, 4.69) is 5.32 Å². The van der Waals surface area contributed by atoms with Gasteiger partial charge in [-0.05, 0) is 70.5 Å². The topological polar surface area (TPSA) is 86.7 Å². The summed E-state index contributed by atoms with van der Waals surface area (Å²) in [6.07, 6.45) is 2.56. The number of nitrogens with zero attached hydrogens (tertiary/aromatic N) is 1. The summed E-state index contributed by atoms with van der Waals surface area (Å²) in [6.45, 7) is 13.8. The van der Waals surface area contributed by atoms with E-state index in [1.54, 1.807) is 18.2 Å². The molecule has 0 radical (unpaired) electrons. The Labute approximate surface area is 211 Å². The molecule has 7 heteroatoms. The lowest BCUT2D eigenvalue weighted by atomic mass is 9.78. The minimum absolute atomic E-state index is 0.249. The molecule has 1 aliphatic rings. The first-order chi connectivity index (χ1) is 16.2. The van der Waals surface area contributed by atoms with Crippen molar-refractivity contribution in [3.63, 3.8) is 0 Å². The number of thioether (sulfide) groups is 1. The van der Waals surface area contributed by atoms with Crippen LogP contribution >= 0.6 is 11.8 Å². The fraction of sp³-hybridized carbons (Fsp3) is 0.393. The van der Waals surface area contributed by atoms with Gasteiger partial charge in [0.25, 0.3) is 11.1 Å². The van der Waals surface area contributed by atoms with Gasteiger partial charge < -0.3 is 10.4 Å². The van der Waals surface area contributed by atoms with E-state index in [-0.39, 0.29) is 28.0 Å². The lowest BCUT2D eigenvalue weighted by molar-refractivity contribution is -0.127. The highest BCUT2D eigenvalue weighted by Crippen LogP contribution is 2.41. The molecule has 2 N–H and O–H groups in total. The maximum atomic E-state index is 13.0. The minimum atomic E-state index is -0.501. The van der Waals surface area contributed by atoms with Crippen LogP contribution < -0.4 is 5.32 Å². The molecule has 0 aliphatic carbocycles. The molecule has 1 aliphatic heterocycles. The highest BCUT2D eigenvalue weighted by Gasteiger charge is 2.36. The zero-order chi connectivity index (χ0) is 26.1. The van der Waals surface area contributed by atoms with Crippen molar-refractivity contribution in [1.82, 2.24) is 4.90 Å². The van der Waals surface area contributed by atoms with Gasteiger partial charge in [-0.25, -0.2) is 0 Å². The van der Waals surface area contributed by atoms with Crippen LogP contribution in [0.15, 0.2) is 41.3 Å². The van der Waals surface area contributed by atoms with Crippen molar-refractivity contribution in [1.29, 1.82) is 0 Å². The molecule has 0 saturated carbocycles. The largest absolute Gasteiger partial charge is 0.507 e. The summed E-state index contributed by atoms with van der Waals surface area (Å²) in [4.78, 5) is 39.3. The third kappa shape index (κ3) is 6.14. The van der Waals surface area contributed by atoms with Crippen LogP contribution in [0.3, 0.4) is 0 Å². The van der Waals surface area contributed by atoms with Gasteiger partial charge in [-0.15, -0.1) is 0 Å². The molecule has 3 amide bonds. The van der Waals surface area contributed by atoms with Crippen molar-refractivity contribution in [3.8, 4) is 5.75 Å². The Bertz CT molecular complexity index is 1150.